The van der Waals surface area contributed by atoms with E-state index in [9.17, 15) is 35.6 Å². The smallest absolute Gasteiger partial charge is 0.344 e. The Balaban J connectivity index is 1.66. The van der Waals surface area contributed by atoms with Crippen LogP contribution >= 0.6 is 67.8 Å². The van der Waals surface area contributed by atoms with Crippen LogP contribution in [0.25, 0.3) is 0 Å². The van der Waals surface area contributed by atoms with Crippen molar-refractivity contribution in [2.45, 2.75) is 4.90 Å². The van der Waals surface area contributed by atoms with E-state index in [0.717, 1.165) is 3.57 Å². The molecule has 202 valence electrons. The Labute approximate surface area is 253 Å². The Morgan fingerprint density at radius 3 is 1.84 bits per heavy atom. The number of rotatable bonds is 8. The molecule has 3 aromatic rings. The zero-order chi connectivity index (χ0) is 28.4. The third kappa shape index (κ3) is 7.04. The summed E-state index contributed by atoms with van der Waals surface area (Å²) < 4.78 is 104. The summed E-state index contributed by atoms with van der Waals surface area (Å²) in [7, 11) is -5.67. The van der Waals surface area contributed by atoms with Gasteiger partial charge in [-0.1, -0.05) is 0 Å². The fraction of sp³-hybridized carbons (Fsp3) is 0.0909. The third-order valence-corrected chi connectivity index (χ3v) is 7.70. The van der Waals surface area contributed by atoms with Gasteiger partial charge in [0.1, 0.15) is 30.3 Å². The maximum absolute atomic E-state index is 14.1. The van der Waals surface area contributed by atoms with Gasteiger partial charge in [0.05, 0.1) is 12.7 Å². The number of halogens is 7. The van der Waals surface area contributed by atoms with Crippen LogP contribution in [0.15, 0.2) is 41.3 Å². The quantitative estimate of drug-likeness (QED) is 0.0578. The molecule has 0 amide bonds. The maximum atomic E-state index is 14.1. The summed E-state index contributed by atoms with van der Waals surface area (Å²) >= 11 is 5.87. The topological polar surface area (TPSA) is 116 Å². The highest BCUT2D eigenvalue weighted by Crippen LogP contribution is 2.30. The molecular formula is C22H11F4I3O8S. The second-order valence-corrected chi connectivity index (χ2v) is 12.0. The van der Waals surface area contributed by atoms with Gasteiger partial charge < -0.3 is 14.2 Å². The van der Waals surface area contributed by atoms with Gasteiger partial charge >= 0.3 is 22.1 Å². The maximum Gasteiger partial charge on any atom is 0.344 e. The Morgan fingerprint density at radius 2 is 1.34 bits per heavy atom. The monoisotopic (exact) mass is 892 g/mol. The minimum atomic E-state index is -5.67. The second kappa shape index (κ2) is 12.6. The predicted molar refractivity (Wildman–Crippen MR) is 148 cm³/mol. The van der Waals surface area contributed by atoms with E-state index < -0.39 is 62.4 Å². The lowest BCUT2D eigenvalue weighted by atomic mass is 10.2. The van der Waals surface area contributed by atoms with Gasteiger partial charge in [-0.3, -0.25) is 4.55 Å². The van der Waals surface area contributed by atoms with Gasteiger partial charge in [0.15, 0.2) is 28.2 Å². The molecule has 0 aliphatic heterocycles. The van der Waals surface area contributed by atoms with E-state index in [-0.39, 0.29) is 17.9 Å². The summed E-state index contributed by atoms with van der Waals surface area (Å²) in [5, 5.41) is 0. The van der Waals surface area contributed by atoms with Crippen LogP contribution in [0.1, 0.15) is 20.7 Å². The number of benzene rings is 3. The minimum absolute atomic E-state index is 0.222. The molecule has 3 aromatic carbocycles. The standard InChI is InChI=1S/C22H11F4I3O8S/c23-15-14(16(24)18(26)20(17(15)25)38(32,33)34)22(31)36-6-5-35-19-12(28)7-9(8-13(19)29)21(30)37-11-3-1-10(27)2-4-11/h1-4,7-8H,5-6H2,(H,32,33,34). The number of hydrogen-bond donors (Lipinski definition) is 1. The van der Waals surface area contributed by atoms with Crippen LogP contribution in [0.2, 0.25) is 0 Å². The lowest BCUT2D eigenvalue weighted by Gasteiger charge is -2.13. The van der Waals surface area contributed by atoms with Crippen LogP contribution in [0.5, 0.6) is 11.5 Å². The molecule has 0 radical (unpaired) electrons. The number of carbonyl (C=O) groups excluding carboxylic acids is 2. The largest absolute Gasteiger partial charge is 0.488 e. The minimum Gasteiger partial charge on any atom is -0.488 e. The molecular weight excluding hydrogens is 881 g/mol. The summed E-state index contributed by atoms with van der Waals surface area (Å²) in [5.74, 6) is -11.5. The Kier molecular flexibility index (Phi) is 10.2. The van der Waals surface area contributed by atoms with E-state index >= 15 is 0 Å². The Hall–Kier alpha value is -1.78. The molecule has 0 fully saturated rings. The molecule has 38 heavy (non-hydrogen) atoms. The average Bonchev–Trinajstić information content (AvgIpc) is 2.82. The average molecular weight is 892 g/mol. The van der Waals surface area contributed by atoms with E-state index in [1.165, 1.54) is 12.1 Å². The molecule has 0 heterocycles. The molecule has 0 bridgehead atoms. The number of ether oxygens (including phenoxy) is 3. The molecule has 1 N–H and O–H groups in total. The second-order valence-electron chi connectivity index (χ2n) is 7.03. The van der Waals surface area contributed by atoms with E-state index in [1.54, 1.807) is 24.3 Å². The van der Waals surface area contributed by atoms with E-state index in [4.69, 9.17) is 14.0 Å². The first-order chi connectivity index (χ1) is 17.7. The van der Waals surface area contributed by atoms with Gasteiger partial charge in [-0.15, -0.1) is 0 Å². The fourth-order valence-electron chi connectivity index (χ4n) is 2.85. The summed E-state index contributed by atoms with van der Waals surface area (Å²) in [5.41, 5.74) is -1.60. The summed E-state index contributed by atoms with van der Waals surface area (Å²) in [4.78, 5) is 22.2. The molecule has 0 aromatic heterocycles. The molecule has 0 saturated carbocycles. The number of hydrogen-bond acceptors (Lipinski definition) is 7. The molecule has 0 atom stereocenters. The summed E-state index contributed by atoms with van der Waals surface area (Å²) in [6.07, 6.45) is 0. The number of carbonyl (C=O) groups is 2. The van der Waals surface area contributed by atoms with Crippen molar-refractivity contribution in [3.05, 3.63) is 81.5 Å². The normalized spacial score (nSPS) is 11.3. The highest BCUT2D eigenvalue weighted by Gasteiger charge is 2.35. The van der Waals surface area contributed by atoms with Gasteiger partial charge in [0.25, 0.3) is 0 Å². The lowest BCUT2D eigenvalue weighted by molar-refractivity contribution is 0.0434. The first kappa shape index (κ1) is 30.8. The van der Waals surface area contributed by atoms with Gasteiger partial charge in [-0.2, -0.15) is 8.42 Å². The van der Waals surface area contributed by atoms with Crippen molar-refractivity contribution < 1.29 is 54.3 Å². The van der Waals surface area contributed by atoms with Crippen molar-refractivity contribution in [1.82, 2.24) is 0 Å². The van der Waals surface area contributed by atoms with E-state index in [2.05, 4.69) is 27.3 Å². The molecule has 0 unspecified atom stereocenters. The highest BCUT2D eigenvalue weighted by atomic mass is 127. The predicted octanol–water partition coefficient (Wildman–Crippen LogP) is 5.76. The lowest BCUT2D eigenvalue weighted by Crippen LogP contribution is -2.19. The fourth-order valence-corrected chi connectivity index (χ4v) is 5.92. The van der Waals surface area contributed by atoms with Gasteiger partial charge in [-0.05, 0) is 104 Å². The molecule has 8 nitrogen and oxygen atoms in total. The summed E-state index contributed by atoms with van der Waals surface area (Å²) in [6, 6.07) is 9.77. The number of esters is 2. The van der Waals surface area contributed by atoms with Gasteiger partial charge in [0.2, 0.25) is 0 Å². The van der Waals surface area contributed by atoms with Crippen molar-refractivity contribution in [1.29, 1.82) is 0 Å². The Bertz CT molecular complexity index is 1480. The van der Waals surface area contributed by atoms with Crippen LogP contribution in [0.4, 0.5) is 17.6 Å². The molecule has 16 heteroatoms. The van der Waals surface area contributed by atoms with Crippen molar-refractivity contribution in [2.75, 3.05) is 13.2 Å². The van der Waals surface area contributed by atoms with Crippen molar-refractivity contribution >= 4 is 89.8 Å². The molecule has 0 aliphatic carbocycles. The Morgan fingerprint density at radius 1 is 0.816 bits per heavy atom. The molecule has 0 spiro atoms. The van der Waals surface area contributed by atoms with Crippen LogP contribution < -0.4 is 9.47 Å². The van der Waals surface area contributed by atoms with Gasteiger partial charge in [-0.25, -0.2) is 27.2 Å². The molecule has 3 rings (SSSR count). The highest BCUT2D eigenvalue weighted by molar-refractivity contribution is 14.1. The van der Waals surface area contributed by atoms with Crippen molar-refractivity contribution in [2.24, 2.45) is 0 Å². The van der Waals surface area contributed by atoms with Crippen LogP contribution in [0, 0.1) is 34.0 Å². The van der Waals surface area contributed by atoms with Gasteiger partial charge in [0, 0.05) is 3.57 Å². The summed E-state index contributed by atoms with van der Waals surface area (Å²) in [6.45, 7) is -1.01. The molecule has 0 aliphatic rings. The zero-order valence-corrected chi connectivity index (χ0v) is 25.5. The van der Waals surface area contributed by atoms with Crippen molar-refractivity contribution in [3.8, 4) is 11.5 Å². The first-order valence-corrected chi connectivity index (χ1v) is 14.5. The van der Waals surface area contributed by atoms with Crippen LogP contribution in [0.3, 0.4) is 0 Å². The van der Waals surface area contributed by atoms with Crippen LogP contribution in [-0.4, -0.2) is 38.1 Å². The van der Waals surface area contributed by atoms with Crippen molar-refractivity contribution in [3.63, 3.8) is 0 Å². The van der Waals surface area contributed by atoms with E-state index in [0.29, 0.717) is 12.9 Å². The SMILES string of the molecule is O=C(Oc1ccc(I)cc1)c1cc(I)c(OCCOC(=O)c2c(F)c(F)c(S(=O)(=O)O)c(F)c2F)c(I)c1. The van der Waals surface area contributed by atoms with Crippen LogP contribution in [-0.2, 0) is 14.9 Å². The first-order valence-electron chi connectivity index (χ1n) is 9.82. The third-order valence-electron chi connectivity index (χ3n) is 4.51. The zero-order valence-electron chi connectivity index (χ0n) is 18.2. The molecule has 0 saturated heterocycles. The van der Waals surface area contributed by atoms with E-state index in [1.807, 2.05) is 45.2 Å².